The highest BCUT2D eigenvalue weighted by Crippen LogP contribution is 2.24. The van der Waals surface area contributed by atoms with Crippen LogP contribution in [0.2, 0.25) is 0 Å². The van der Waals surface area contributed by atoms with Crippen molar-refractivity contribution in [3.8, 4) is 5.95 Å². The van der Waals surface area contributed by atoms with E-state index in [1.54, 1.807) is 27.7 Å². The fourth-order valence-corrected chi connectivity index (χ4v) is 3.65. The van der Waals surface area contributed by atoms with Crippen LogP contribution in [0, 0.1) is 5.82 Å². The first-order chi connectivity index (χ1) is 13.2. The summed E-state index contributed by atoms with van der Waals surface area (Å²) < 4.78 is 22.5. The Hall–Kier alpha value is -3.07. The van der Waals surface area contributed by atoms with Crippen LogP contribution < -0.4 is 5.69 Å². The Kier molecular flexibility index (Phi) is 3.75. The Morgan fingerprint density at radius 1 is 1.22 bits per heavy atom. The largest absolute Gasteiger partial charge is 0.381 e. The molecule has 4 heterocycles. The Bertz CT molecular complexity index is 1190. The van der Waals surface area contributed by atoms with Crippen molar-refractivity contribution in [3.63, 3.8) is 0 Å². The van der Waals surface area contributed by atoms with Gasteiger partial charge in [-0.1, -0.05) is 0 Å². The van der Waals surface area contributed by atoms with Crippen molar-refractivity contribution in [3.05, 3.63) is 47.0 Å². The van der Waals surface area contributed by atoms with E-state index in [4.69, 9.17) is 4.74 Å². The number of aromatic nitrogens is 6. The van der Waals surface area contributed by atoms with Crippen LogP contribution in [-0.2, 0) is 4.74 Å². The molecular weight excluding hydrogens is 351 g/mol. The molecule has 138 valence electrons. The number of nitrogens with one attached hydrogen (secondary N) is 1. The lowest BCUT2D eigenvalue weighted by Gasteiger charge is -2.15. The molecule has 3 aromatic heterocycles. The van der Waals surface area contributed by atoms with Gasteiger partial charge in [0.05, 0.1) is 17.2 Å². The van der Waals surface area contributed by atoms with E-state index >= 15 is 0 Å². The number of halogens is 1. The second-order valence-corrected chi connectivity index (χ2v) is 6.65. The Morgan fingerprint density at radius 3 is 3.07 bits per heavy atom. The number of ether oxygens (including phenoxy) is 1. The molecule has 5 rings (SSSR count). The van der Waals surface area contributed by atoms with Gasteiger partial charge in [-0.15, -0.1) is 0 Å². The van der Waals surface area contributed by atoms with E-state index in [1.807, 2.05) is 0 Å². The fourth-order valence-electron chi connectivity index (χ4n) is 3.65. The number of benzene rings is 1. The highest BCUT2D eigenvalue weighted by atomic mass is 19.1. The summed E-state index contributed by atoms with van der Waals surface area (Å²) >= 11 is 0. The minimum absolute atomic E-state index is 0.0217. The van der Waals surface area contributed by atoms with E-state index < -0.39 is 0 Å². The maximum atomic E-state index is 13.7. The molecule has 0 bridgehead atoms. The summed E-state index contributed by atoms with van der Waals surface area (Å²) in [7, 11) is 0. The van der Waals surface area contributed by atoms with Gasteiger partial charge in [-0.25, -0.2) is 19.2 Å². The zero-order valence-electron chi connectivity index (χ0n) is 14.4. The lowest BCUT2D eigenvalue weighted by molar-refractivity contribution is 0.142. The summed E-state index contributed by atoms with van der Waals surface area (Å²) in [6, 6.07) is 4.38. The molecular formula is C18H17FN6O2. The van der Waals surface area contributed by atoms with E-state index in [9.17, 15) is 9.18 Å². The molecule has 0 amide bonds. The van der Waals surface area contributed by atoms with Crippen molar-refractivity contribution in [2.45, 2.75) is 25.3 Å². The number of hydrogen-bond donors (Lipinski definition) is 1. The van der Waals surface area contributed by atoms with Gasteiger partial charge in [0.1, 0.15) is 17.7 Å². The number of fused-ring (bicyclic) bond motifs is 2. The van der Waals surface area contributed by atoms with Gasteiger partial charge in [-0.3, -0.25) is 9.13 Å². The highest BCUT2D eigenvalue weighted by molar-refractivity contribution is 5.77. The second-order valence-electron chi connectivity index (χ2n) is 6.65. The zero-order valence-corrected chi connectivity index (χ0v) is 14.4. The Labute approximate surface area is 152 Å². The molecule has 0 radical (unpaired) electrons. The number of aromatic amines is 1. The molecule has 27 heavy (non-hydrogen) atoms. The van der Waals surface area contributed by atoms with Crippen LogP contribution in [0.1, 0.15) is 25.3 Å². The van der Waals surface area contributed by atoms with E-state index in [1.165, 1.54) is 12.1 Å². The normalized spacial score (nSPS) is 18.2. The number of rotatable bonds is 2. The third kappa shape index (κ3) is 2.71. The van der Waals surface area contributed by atoms with Gasteiger partial charge in [0.15, 0.2) is 5.65 Å². The minimum atomic E-state index is -0.359. The van der Waals surface area contributed by atoms with Gasteiger partial charge in [-0.2, -0.15) is 4.98 Å². The standard InChI is InChI=1S/C18H17FN6O2/c19-11-3-4-13-15(8-11)24(10-21-13)17-20-9-14-16(23-17)25(18(26)22-14)12-2-1-6-27-7-5-12/h3-4,8-10,12H,1-2,5-7H2,(H,22,26). The van der Waals surface area contributed by atoms with Crippen molar-refractivity contribution in [2.24, 2.45) is 0 Å². The molecule has 8 nitrogen and oxygen atoms in total. The highest BCUT2D eigenvalue weighted by Gasteiger charge is 2.21. The van der Waals surface area contributed by atoms with Gasteiger partial charge in [-0.05, 0) is 31.4 Å². The van der Waals surface area contributed by atoms with Crippen LogP contribution in [0.25, 0.3) is 28.1 Å². The summed E-state index contributed by atoms with van der Waals surface area (Å²) in [5.74, 6) is -0.0180. The smallest absolute Gasteiger partial charge is 0.327 e. The molecule has 0 saturated carbocycles. The maximum absolute atomic E-state index is 13.7. The summed E-state index contributed by atoms with van der Waals surface area (Å²) in [6.45, 7) is 1.33. The second kappa shape index (κ2) is 6.27. The van der Waals surface area contributed by atoms with Crippen molar-refractivity contribution in [1.82, 2.24) is 29.1 Å². The molecule has 4 aromatic rings. The molecule has 1 N–H and O–H groups in total. The molecule has 0 aliphatic carbocycles. The third-order valence-corrected chi connectivity index (χ3v) is 4.96. The lowest BCUT2D eigenvalue weighted by Crippen LogP contribution is -2.23. The quantitative estimate of drug-likeness (QED) is 0.586. The first-order valence-electron chi connectivity index (χ1n) is 8.89. The number of hydrogen-bond acceptors (Lipinski definition) is 5. The average Bonchev–Trinajstić information content (AvgIpc) is 3.10. The predicted octanol–water partition coefficient (Wildman–Crippen LogP) is 2.34. The first-order valence-corrected chi connectivity index (χ1v) is 8.89. The van der Waals surface area contributed by atoms with Crippen LogP contribution in [0.15, 0.2) is 35.5 Å². The van der Waals surface area contributed by atoms with Crippen molar-refractivity contribution in [2.75, 3.05) is 13.2 Å². The summed E-state index contributed by atoms with van der Waals surface area (Å²) in [5, 5.41) is 0. The van der Waals surface area contributed by atoms with Gasteiger partial charge >= 0.3 is 5.69 Å². The topological polar surface area (TPSA) is 90.6 Å². The minimum Gasteiger partial charge on any atom is -0.381 e. The predicted molar refractivity (Wildman–Crippen MR) is 96.4 cm³/mol. The summed E-state index contributed by atoms with van der Waals surface area (Å²) in [4.78, 5) is 28.6. The summed E-state index contributed by atoms with van der Waals surface area (Å²) in [5.41, 5.74) is 2.12. The zero-order chi connectivity index (χ0) is 18.4. The monoisotopic (exact) mass is 368 g/mol. The van der Waals surface area contributed by atoms with Gasteiger partial charge < -0.3 is 9.72 Å². The van der Waals surface area contributed by atoms with Crippen molar-refractivity contribution in [1.29, 1.82) is 0 Å². The van der Waals surface area contributed by atoms with Crippen LogP contribution >= 0.6 is 0 Å². The Morgan fingerprint density at radius 2 is 2.15 bits per heavy atom. The van der Waals surface area contributed by atoms with Gasteiger partial charge in [0.25, 0.3) is 0 Å². The molecule has 1 aromatic carbocycles. The average molecular weight is 368 g/mol. The Balaban J connectivity index is 1.67. The number of H-pyrrole nitrogens is 1. The van der Waals surface area contributed by atoms with E-state index in [0.29, 0.717) is 41.4 Å². The molecule has 1 atom stereocenters. The van der Waals surface area contributed by atoms with Crippen molar-refractivity contribution < 1.29 is 9.13 Å². The molecule has 9 heteroatoms. The maximum Gasteiger partial charge on any atom is 0.327 e. The van der Waals surface area contributed by atoms with Crippen molar-refractivity contribution >= 4 is 22.2 Å². The van der Waals surface area contributed by atoms with Crippen LogP contribution in [0.3, 0.4) is 0 Å². The molecule has 1 aliphatic rings. The molecule has 0 spiro atoms. The first kappa shape index (κ1) is 16.1. The van der Waals surface area contributed by atoms with E-state index in [-0.39, 0.29) is 17.5 Å². The molecule has 1 fully saturated rings. The number of imidazole rings is 2. The van der Waals surface area contributed by atoms with E-state index in [2.05, 4.69) is 19.9 Å². The fraction of sp³-hybridized carbons (Fsp3) is 0.333. The lowest BCUT2D eigenvalue weighted by atomic mass is 10.1. The third-order valence-electron chi connectivity index (χ3n) is 4.96. The SMILES string of the molecule is O=c1[nH]c2cnc(-n3cnc4ccc(F)cc43)nc2n1C1CCCOCC1. The molecule has 1 saturated heterocycles. The summed E-state index contributed by atoms with van der Waals surface area (Å²) in [6.07, 6.45) is 5.64. The van der Waals surface area contributed by atoms with Crippen LogP contribution in [0.4, 0.5) is 4.39 Å². The van der Waals surface area contributed by atoms with E-state index in [0.717, 1.165) is 19.3 Å². The molecule has 1 unspecified atom stereocenters. The van der Waals surface area contributed by atoms with Crippen LogP contribution in [-0.4, -0.2) is 42.3 Å². The molecule has 1 aliphatic heterocycles. The van der Waals surface area contributed by atoms with Gasteiger partial charge in [0.2, 0.25) is 5.95 Å². The number of nitrogens with zero attached hydrogens (tertiary/aromatic N) is 5. The van der Waals surface area contributed by atoms with Crippen LogP contribution in [0.5, 0.6) is 0 Å². The van der Waals surface area contributed by atoms with Gasteiger partial charge in [0, 0.05) is 25.3 Å².